The van der Waals surface area contributed by atoms with E-state index in [1.807, 2.05) is 13.8 Å². The van der Waals surface area contributed by atoms with Crippen molar-refractivity contribution in [1.82, 2.24) is 4.90 Å². The molecule has 76 valence electrons. The maximum Gasteiger partial charge on any atom is 0.410 e. The fourth-order valence-corrected chi connectivity index (χ4v) is 1.54. The van der Waals surface area contributed by atoms with Crippen LogP contribution in [0.5, 0.6) is 0 Å². The minimum Gasteiger partial charge on any atom is -0.449 e. The molecule has 0 radical (unpaired) electrons. The summed E-state index contributed by atoms with van der Waals surface area (Å²) in [4.78, 5) is 12.9. The van der Waals surface area contributed by atoms with Gasteiger partial charge in [-0.05, 0) is 12.3 Å². The van der Waals surface area contributed by atoms with Gasteiger partial charge in [-0.3, -0.25) is 0 Å². The van der Waals surface area contributed by atoms with Gasteiger partial charge < -0.3 is 14.7 Å². The van der Waals surface area contributed by atoms with Gasteiger partial charge >= 0.3 is 6.09 Å². The van der Waals surface area contributed by atoms with Gasteiger partial charge in [0.25, 0.3) is 0 Å². The van der Waals surface area contributed by atoms with Gasteiger partial charge in [0.1, 0.15) is 0 Å². The highest BCUT2D eigenvalue weighted by molar-refractivity contribution is 5.68. The SMILES string of the molecule is CC(C)[C@H](CO)N1CCCOC1=O. The molecule has 4 nitrogen and oxygen atoms in total. The van der Waals surface area contributed by atoms with Crippen LogP contribution in [0.25, 0.3) is 0 Å². The van der Waals surface area contributed by atoms with Crippen LogP contribution in [-0.2, 0) is 4.74 Å². The Bertz CT molecular complexity index is 182. The standard InChI is InChI=1S/C9H17NO3/c1-7(2)8(6-11)10-4-3-5-13-9(10)12/h7-8,11H,3-6H2,1-2H3/t8-/m0/s1. The third-order valence-corrected chi connectivity index (χ3v) is 2.36. The molecule has 1 N–H and O–H groups in total. The zero-order valence-corrected chi connectivity index (χ0v) is 8.19. The third-order valence-electron chi connectivity index (χ3n) is 2.36. The molecule has 1 amide bonds. The summed E-state index contributed by atoms with van der Waals surface area (Å²) in [6, 6.07) is -0.104. The largest absolute Gasteiger partial charge is 0.449 e. The van der Waals surface area contributed by atoms with Gasteiger partial charge in [0, 0.05) is 6.54 Å². The first kappa shape index (κ1) is 10.3. The number of ether oxygens (including phenoxy) is 1. The number of carbonyl (C=O) groups excluding carboxylic acids is 1. The second kappa shape index (κ2) is 4.46. The molecule has 13 heavy (non-hydrogen) atoms. The van der Waals surface area contributed by atoms with Crippen molar-refractivity contribution in [2.24, 2.45) is 5.92 Å². The van der Waals surface area contributed by atoms with E-state index in [0.717, 1.165) is 6.42 Å². The average molecular weight is 187 g/mol. The molecule has 0 spiro atoms. The Hall–Kier alpha value is -0.770. The van der Waals surface area contributed by atoms with Gasteiger partial charge in [-0.1, -0.05) is 13.8 Å². The van der Waals surface area contributed by atoms with Crippen molar-refractivity contribution in [1.29, 1.82) is 0 Å². The Kier molecular flexibility index (Phi) is 3.54. The van der Waals surface area contributed by atoms with E-state index in [2.05, 4.69) is 0 Å². The van der Waals surface area contributed by atoms with Gasteiger partial charge in [-0.2, -0.15) is 0 Å². The maximum atomic E-state index is 11.3. The Balaban J connectivity index is 2.60. The monoisotopic (exact) mass is 187 g/mol. The van der Waals surface area contributed by atoms with Crippen LogP contribution in [0.15, 0.2) is 0 Å². The smallest absolute Gasteiger partial charge is 0.410 e. The molecule has 0 bridgehead atoms. The summed E-state index contributed by atoms with van der Waals surface area (Å²) in [7, 11) is 0. The van der Waals surface area contributed by atoms with Crippen LogP contribution >= 0.6 is 0 Å². The van der Waals surface area contributed by atoms with E-state index < -0.39 is 0 Å². The summed E-state index contributed by atoms with van der Waals surface area (Å²) in [5, 5.41) is 9.12. The summed E-state index contributed by atoms with van der Waals surface area (Å²) in [6.45, 7) is 5.19. The summed E-state index contributed by atoms with van der Waals surface area (Å²) in [6.07, 6.45) is 0.564. The van der Waals surface area contributed by atoms with E-state index in [4.69, 9.17) is 9.84 Å². The molecule has 1 fully saturated rings. The van der Waals surface area contributed by atoms with E-state index in [-0.39, 0.29) is 24.7 Å². The van der Waals surface area contributed by atoms with Gasteiger partial charge in [-0.15, -0.1) is 0 Å². The van der Waals surface area contributed by atoms with E-state index in [1.54, 1.807) is 4.90 Å². The van der Waals surface area contributed by atoms with Crippen LogP contribution in [-0.4, -0.2) is 41.9 Å². The number of amides is 1. The molecule has 0 aromatic carbocycles. The number of aliphatic hydroxyl groups is 1. The maximum absolute atomic E-state index is 11.3. The lowest BCUT2D eigenvalue weighted by Gasteiger charge is -2.34. The molecule has 0 aliphatic carbocycles. The topological polar surface area (TPSA) is 49.8 Å². The van der Waals surface area contributed by atoms with Crippen molar-refractivity contribution in [3.63, 3.8) is 0 Å². The molecule has 1 heterocycles. The lowest BCUT2D eigenvalue weighted by Crippen LogP contribution is -2.48. The molecule has 0 unspecified atom stereocenters. The molecule has 1 aliphatic heterocycles. The minimum absolute atomic E-state index is 0.00671. The van der Waals surface area contributed by atoms with Gasteiger partial charge in [0.15, 0.2) is 0 Å². The number of cyclic esters (lactones) is 1. The number of hydrogen-bond donors (Lipinski definition) is 1. The predicted molar refractivity (Wildman–Crippen MR) is 48.4 cm³/mol. The highest BCUT2D eigenvalue weighted by atomic mass is 16.6. The van der Waals surface area contributed by atoms with Crippen molar-refractivity contribution in [2.75, 3.05) is 19.8 Å². The fourth-order valence-electron chi connectivity index (χ4n) is 1.54. The molecule has 1 rings (SSSR count). The molecule has 0 saturated carbocycles. The molecule has 1 aliphatic rings. The summed E-state index contributed by atoms with van der Waals surface area (Å²) in [5.41, 5.74) is 0. The van der Waals surface area contributed by atoms with Crippen LogP contribution < -0.4 is 0 Å². The first-order valence-electron chi connectivity index (χ1n) is 4.71. The quantitative estimate of drug-likeness (QED) is 0.712. The lowest BCUT2D eigenvalue weighted by atomic mass is 10.0. The predicted octanol–water partition coefficient (Wildman–Crippen LogP) is 0.846. The highest BCUT2D eigenvalue weighted by Gasteiger charge is 2.28. The Morgan fingerprint density at radius 3 is 2.77 bits per heavy atom. The Morgan fingerprint density at radius 1 is 1.62 bits per heavy atom. The second-order valence-electron chi connectivity index (χ2n) is 3.66. The Labute approximate surface area is 78.5 Å². The van der Waals surface area contributed by atoms with Crippen molar-refractivity contribution >= 4 is 6.09 Å². The normalized spacial score (nSPS) is 20.3. The number of carbonyl (C=O) groups is 1. The van der Waals surface area contributed by atoms with E-state index in [1.165, 1.54) is 0 Å². The zero-order chi connectivity index (χ0) is 9.84. The second-order valence-corrected chi connectivity index (χ2v) is 3.66. The Morgan fingerprint density at radius 2 is 2.31 bits per heavy atom. The first-order chi connectivity index (χ1) is 6.16. The number of nitrogens with zero attached hydrogens (tertiary/aromatic N) is 1. The third kappa shape index (κ3) is 2.34. The first-order valence-corrected chi connectivity index (χ1v) is 4.71. The highest BCUT2D eigenvalue weighted by Crippen LogP contribution is 2.15. The number of hydrogen-bond acceptors (Lipinski definition) is 3. The number of rotatable bonds is 3. The van der Waals surface area contributed by atoms with Crippen LogP contribution in [0.4, 0.5) is 4.79 Å². The molecule has 1 atom stereocenters. The molecule has 1 saturated heterocycles. The molecular formula is C9H17NO3. The van der Waals surface area contributed by atoms with Crippen molar-refractivity contribution in [3.8, 4) is 0 Å². The van der Waals surface area contributed by atoms with Gasteiger partial charge in [0.05, 0.1) is 19.3 Å². The molecule has 0 aromatic rings. The van der Waals surface area contributed by atoms with Crippen molar-refractivity contribution in [2.45, 2.75) is 26.3 Å². The van der Waals surface area contributed by atoms with Crippen molar-refractivity contribution < 1.29 is 14.6 Å². The van der Waals surface area contributed by atoms with Gasteiger partial charge in [0.2, 0.25) is 0 Å². The van der Waals surface area contributed by atoms with E-state index >= 15 is 0 Å². The van der Waals surface area contributed by atoms with Gasteiger partial charge in [-0.25, -0.2) is 4.79 Å². The van der Waals surface area contributed by atoms with Crippen LogP contribution in [0.2, 0.25) is 0 Å². The zero-order valence-electron chi connectivity index (χ0n) is 8.19. The number of aliphatic hydroxyl groups excluding tert-OH is 1. The minimum atomic E-state index is -0.293. The summed E-state index contributed by atoms with van der Waals surface area (Å²) < 4.78 is 4.90. The summed E-state index contributed by atoms with van der Waals surface area (Å²) >= 11 is 0. The van der Waals surface area contributed by atoms with Crippen LogP contribution in [0, 0.1) is 5.92 Å². The summed E-state index contributed by atoms with van der Waals surface area (Å²) in [5.74, 6) is 0.260. The van der Waals surface area contributed by atoms with Crippen molar-refractivity contribution in [3.05, 3.63) is 0 Å². The molecular weight excluding hydrogens is 170 g/mol. The molecule has 4 heteroatoms. The fraction of sp³-hybridized carbons (Fsp3) is 0.889. The lowest BCUT2D eigenvalue weighted by molar-refractivity contribution is 0.0280. The van der Waals surface area contributed by atoms with E-state index in [0.29, 0.717) is 13.2 Å². The average Bonchev–Trinajstić information content (AvgIpc) is 2.09. The van der Waals surface area contributed by atoms with E-state index in [9.17, 15) is 4.79 Å². The van der Waals surface area contributed by atoms with Crippen LogP contribution in [0.3, 0.4) is 0 Å². The van der Waals surface area contributed by atoms with Crippen LogP contribution in [0.1, 0.15) is 20.3 Å². The molecule has 0 aromatic heterocycles.